The van der Waals surface area contributed by atoms with Crippen molar-refractivity contribution in [3.8, 4) is 34.3 Å². The second-order valence-corrected chi connectivity index (χ2v) is 4.63. The Labute approximate surface area is 124 Å². The van der Waals surface area contributed by atoms with Gasteiger partial charge in [0.25, 0.3) is 0 Å². The maximum absolute atomic E-state index is 12.3. The smallest absolute Gasteiger partial charge is 0.238 e. The van der Waals surface area contributed by atoms with Gasteiger partial charge in [0.2, 0.25) is 16.9 Å². The van der Waals surface area contributed by atoms with Crippen LogP contribution in [-0.4, -0.2) is 22.4 Å². The molecule has 22 heavy (non-hydrogen) atoms. The van der Waals surface area contributed by atoms with Gasteiger partial charge in [0.15, 0.2) is 17.1 Å². The first-order chi connectivity index (χ1) is 10.5. The molecular weight excluding hydrogens is 288 g/mol. The molecule has 0 saturated carbocycles. The number of hydrogen-bond acceptors (Lipinski definition) is 6. The lowest BCUT2D eigenvalue weighted by molar-refractivity contribution is 0.366. The standard InChI is InChI=1S/C16H12O6/c1-21-10-7-9(17)11-13(19)14(20)15(22-16(11)12(10)18)8-5-3-2-4-6-8/h2-7,17-18,20H,1H3. The first kappa shape index (κ1) is 13.8. The van der Waals surface area contributed by atoms with Crippen LogP contribution in [0, 0.1) is 0 Å². The highest BCUT2D eigenvalue weighted by Gasteiger charge is 2.22. The molecule has 1 heterocycles. The number of benzene rings is 2. The van der Waals surface area contributed by atoms with Gasteiger partial charge < -0.3 is 24.5 Å². The van der Waals surface area contributed by atoms with E-state index in [9.17, 15) is 20.1 Å². The van der Waals surface area contributed by atoms with E-state index in [0.717, 1.165) is 6.07 Å². The lowest BCUT2D eigenvalue weighted by atomic mass is 10.1. The lowest BCUT2D eigenvalue weighted by Gasteiger charge is -2.10. The molecule has 3 aromatic rings. The van der Waals surface area contributed by atoms with Crippen molar-refractivity contribution >= 4 is 11.0 Å². The Hall–Kier alpha value is -3.15. The molecule has 6 nitrogen and oxygen atoms in total. The van der Waals surface area contributed by atoms with Gasteiger partial charge in [0.1, 0.15) is 11.1 Å². The number of ether oxygens (including phenoxy) is 1. The summed E-state index contributed by atoms with van der Waals surface area (Å²) in [6.07, 6.45) is 0. The summed E-state index contributed by atoms with van der Waals surface area (Å²) in [5.41, 5.74) is -0.630. The maximum atomic E-state index is 12.3. The van der Waals surface area contributed by atoms with Crippen LogP contribution in [-0.2, 0) is 0 Å². The number of methoxy groups -OCH3 is 1. The average molecular weight is 300 g/mol. The predicted molar refractivity (Wildman–Crippen MR) is 79.5 cm³/mol. The zero-order chi connectivity index (χ0) is 15.9. The Morgan fingerprint density at radius 3 is 2.36 bits per heavy atom. The molecule has 3 rings (SSSR count). The van der Waals surface area contributed by atoms with E-state index in [2.05, 4.69) is 0 Å². The van der Waals surface area contributed by atoms with E-state index in [1.807, 2.05) is 0 Å². The van der Waals surface area contributed by atoms with Gasteiger partial charge in [-0.05, 0) is 0 Å². The Balaban J connectivity index is 2.46. The second-order valence-electron chi connectivity index (χ2n) is 4.63. The number of hydrogen-bond donors (Lipinski definition) is 3. The summed E-state index contributed by atoms with van der Waals surface area (Å²) in [6, 6.07) is 9.55. The molecule has 0 aliphatic carbocycles. The molecule has 3 N–H and O–H groups in total. The molecule has 6 heteroatoms. The highest BCUT2D eigenvalue weighted by molar-refractivity contribution is 5.92. The van der Waals surface area contributed by atoms with Crippen LogP contribution in [0.3, 0.4) is 0 Å². The van der Waals surface area contributed by atoms with Crippen molar-refractivity contribution in [1.82, 2.24) is 0 Å². The topological polar surface area (TPSA) is 100 Å². The highest BCUT2D eigenvalue weighted by Crippen LogP contribution is 2.42. The Morgan fingerprint density at radius 2 is 1.73 bits per heavy atom. The highest BCUT2D eigenvalue weighted by atomic mass is 16.5. The van der Waals surface area contributed by atoms with Crippen LogP contribution in [0.1, 0.15) is 0 Å². The number of aromatic hydroxyl groups is 3. The third-order valence-corrected chi connectivity index (χ3v) is 3.32. The molecule has 2 aromatic carbocycles. The van der Waals surface area contributed by atoms with Crippen LogP contribution in [0.2, 0.25) is 0 Å². The monoisotopic (exact) mass is 300 g/mol. The minimum absolute atomic E-state index is 0.0437. The Morgan fingerprint density at radius 1 is 1.05 bits per heavy atom. The van der Waals surface area contributed by atoms with E-state index >= 15 is 0 Å². The third kappa shape index (κ3) is 1.93. The van der Waals surface area contributed by atoms with Crippen molar-refractivity contribution < 1.29 is 24.5 Å². The van der Waals surface area contributed by atoms with Gasteiger partial charge in [-0.3, -0.25) is 4.79 Å². The molecular formula is C16H12O6. The van der Waals surface area contributed by atoms with Crippen LogP contribution in [0.4, 0.5) is 0 Å². The van der Waals surface area contributed by atoms with Gasteiger partial charge in [-0.2, -0.15) is 0 Å². The molecule has 0 saturated heterocycles. The van der Waals surface area contributed by atoms with Crippen LogP contribution in [0.15, 0.2) is 45.6 Å². The minimum Gasteiger partial charge on any atom is -0.507 e. The summed E-state index contributed by atoms with van der Waals surface area (Å²) < 4.78 is 10.4. The second kappa shape index (κ2) is 5.00. The summed E-state index contributed by atoms with van der Waals surface area (Å²) in [4.78, 5) is 12.3. The van der Waals surface area contributed by atoms with Crippen molar-refractivity contribution in [3.05, 3.63) is 46.6 Å². The van der Waals surface area contributed by atoms with Crippen LogP contribution in [0.25, 0.3) is 22.3 Å². The van der Waals surface area contributed by atoms with Gasteiger partial charge in [-0.15, -0.1) is 0 Å². The molecule has 0 bridgehead atoms. The summed E-state index contributed by atoms with van der Waals surface area (Å²) >= 11 is 0. The van der Waals surface area contributed by atoms with Gasteiger partial charge in [-0.25, -0.2) is 0 Å². The third-order valence-electron chi connectivity index (χ3n) is 3.32. The molecule has 1 aromatic heterocycles. The van der Waals surface area contributed by atoms with E-state index in [1.54, 1.807) is 30.3 Å². The van der Waals surface area contributed by atoms with Crippen molar-refractivity contribution in [3.63, 3.8) is 0 Å². The maximum Gasteiger partial charge on any atom is 0.238 e. The number of rotatable bonds is 2. The summed E-state index contributed by atoms with van der Waals surface area (Å²) in [7, 11) is 1.30. The fourth-order valence-corrected chi connectivity index (χ4v) is 2.24. The molecule has 0 spiro atoms. The van der Waals surface area contributed by atoms with E-state index in [0.29, 0.717) is 5.56 Å². The largest absolute Gasteiger partial charge is 0.507 e. The molecule has 0 aliphatic heterocycles. The first-order valence-electron chi connectivity index (χ1n) is 6.38. The Kier molecular flexibility index (Phi) is 3.14. The molecule has 0 amide bonds. The first-order valence-corrected chi connectivity index (χ1v) is 6.38. The summed E-state index contributed by atoms with van der Waals surface area (Å²) in [5.74, 6) is -1.66. The van der Waals surface area contributed by atoms with Crippen molar-refractivity contribution in [2.45, 2.75) is 0 Å². The minimum atomic E-state index is -0.837. The molecule has 0 atom stereocenters. The quantitative estimate of drug-likeness (QED) is 0.629. The molecule has 112 valence electrons. The van der Waals surface area contributed by atoms with E-state index in [-0.39, 0.29) is 22.5 Å². The molecule has 0 fully saturated rings. The van der Waals surface area contributed by atoms with Gasteiger partial charge in [0.05, 0.1) is 7.11 Å². The fourth-order valence-electron chi connectivity index (χ4n) is 2.24. The van der Waals surface area contributed by atoms with Crippen LogP contribution in [0.5, 0.6) is 23.0 Å². The van der Waals surface area contributed by atoms with Crippen LogP contribution < -0.4 is 10.2 Å². The summed E-state index contributed by atoms with van der Waals surface area (Å²) in [5, 5.41) is 29.8. The zero-order valence-electron chi connectivity index (χ0n) is 11.5. The van der Waals surface area contributed by atoms with Crippen molar-refractivity contribution in [1.29, 1.82) is 0 Å². The summed E-state index contributed by atoms with van der Waals surface area (Å²) in [6.45, 7) is 0. The normalized spacial score (nSPS) is 10.8. The molecule has 0 radical (unpaired) electrons. The van der Waals surface area contributed by atoms with Crippen LogP contribution >= 0.6 is 0 Å². The SMILES string of the molecule is COc1cc(O)c2c(=O)c(O)c(-c3ccccc3)oc2c1O. The molecule has 0 unspecified atom stereocenters. The van der Waals surface area contributed by atoms with E-state index in [4.69, 9.17) is 9.15 Å². The fraction of sp³-hybridized carbons (Fsp3) is 0.0625. The average Bonchev–Trinajstić information content (AvgIpc) is 2.54. The van der Waals surface area contributed by atoms with Gasteiger partial charge in [0, 0.05) is 11.6 Å². The Bertz CT molecular complexity index is 912. The van der Waals surface area contributed by atoms with Gasteiger partial charge in [-0.1, -0.05) is 30.3 Å². The molecule has 0 aliphatic rings. The number of phenols is 2. The van der Waals surface area contributed by atoms with Crippen molar-refractivity contribution in [2.24, 2.45) is 0 Å². The van der Waals surface area contributed by atoms with Crippen molar-refractivity contribution in [2.75, 3.05) is 7.11 Å². The lowest BCUT2D eigenvalue weighted by Crippen LogP contribution is -2.03. The van der Waals surface area contributed by atoms with Gasteiger partial charge >= 0.3 is 0 Å². The van der Waals surface area contributed by atoms with E-state index < -0.39 is 22.7 Å². The van der Waals surface area contributed by atoms with E-state index in [1.165, 1.54) is 7.11 Å². The number of fused-ring (bicyclic) bond motifs is 1. The number of phenolic OH excluding ortho intramolecular Hbond substituents is 2. The predicted octanol–water partition coefficient (Wildman–Crippen LogP) is 2.59. The zero-order valence-corrected chi connectivity index (χ0v) is 11.5.